The smallest absolute Gasteiger partial charge is 0.338 e. The molecule has 1 aromatic rings. The molecule has 2 fully saturated rings. The van der Waals surface area contributed by atoms with Crippen molar-refractivity contribution in [2.45, 2.75) is 26.2 Å². The van der Waals surface area contributed by atoms with Crippen molar-refractivity contribution in [3.8, 4) is 0 Å². The van der Waals surface area contributed by atoms with Crippen molar-refractivity contribution >= 4 is 23.5 Å². The summed E-state index contributed by atoms with van der Waals surface area (Å²) in [5, 5.41) is 12.2. The lowest BCUT2D eigenvalue weighted by Gasteiger charge is -2.27. The van der Waals surface area contributed by atoms with E-state index in [1.54, 1.807) is 31.2 Å². The predicted molar refractivity (Wildman–Crippen MR) is 86.5 cm³/mol. The maximum atomic E-state index is 12.6. The van der Waals surface area contributed by atoms with Gasteiger partial charge in [0.2, 0.25) is 5.91 Å². The predicted octanol–water partition coefficient (Wildman–Crippen LogP) is 2.55. The fourth-order valence-corrected chi connectivity index (χ4v) is 4.19. The SMILES string of the molecule is CCOC(=O)c1cccc(NC(=O)[C@H]2[C@H]3CC[C@@H](C3)[C@H]2C(=O)O)c1. The molecule has 0 aromatic heterocycles. The summed E-state index contributed by atoms with van der Waals surface area (Å²) in [5.41, 5.74) is 0.842. The lowest BCUT2D eigenvalue weighted by molar-refractivity contribution is -0.148. The fourth-order valence-electron chi connectivity index (χ4n) is 4.19. The number of carboxylic acid groups (broad SMARTS) is 1. The van der Waals surface area contributed by atoms with Crippen LogP contribution in [0.2, 0.25) is 0 Å². The Morgan fingerprint density at radius 1 is 1.21 bits per heavy atom. The Hall–Kier alpha value is -2.37. The molecule has 2 aliphatic rings. The Morgan fingerprint density at radius 2 is 1.92 bits per heavy atom. The summed E-state index contributed by atoms with van der Waals surface area (Å²) < 4.78 is 4.95. The van der Waals surface area contributed by atoms with Crippen molar-refractivity contribution in [2.24, 2.45) is 23.7 Å². The summed E-state index contributed by atoms with van der Waals surface area (Å²) in [5.74, 6) is -2.45. The van der Waals surface area contributed by atoms with Gasteiger partial charge in [0.25, 0.3) is 0 Å². The number of hydrogen-bond acceptors (Lipinski definition) is 4. The number of esters is 1. The molecule has 2 bridgehead atoms. The maximum Gasteiger partial charge on any atom is 0.338 e. The number of fused-ring (bicyclic) bond motifs is 2. The van der Waals surface area contributed by atoms with Gasteiger partial charge in [0.05, 0.1) is 24.0 Å². The van der Waals surface area contributed by atoms with Crippen LogP contribution in [0.4, 0.5) is 5.69 Å². The van der Waals surface area contributed by atoms with Gasteiger partial charge in [0, 0.05) is 5.69 Å². The quantitative estimate of drug-likeness (QED) is 0.809. The lowest BCUT2D eigenvalue weighted by Crippen LogP contribution is -2.37. The first-order valence-corrected chi connectivity index (χ1v) is 8.32. The van der Waals surface area contributed by atoms with E-state index in [2.05, 4.69) is 5.32 Å². The molecule has 2 N–H and O–H groups in total. The summed E-state index contributed by atoms with van der Waals surface area (Å²) in [6.07, 6.45) is 2.62. The van der Waals surface area contributed by atoms with Gasteiger partial charge in [-0.3, -0.25) is 9.59 Å². The molecule has 0 unspecified atom stereocenters. The Morgan fingerprint density at radius 3 is 2.58 bits per heavy atom. The summed E-state index contributed by atoms with van der Waals surface area (Å²) in [6, 6.07) is 6.52. The molecule has 0 aliphatic heterocycles. The first-order valence-electron chi connectivity index (χ1n) is 8.32. The minimum absolute atomic E-state index is 0.106. The van der Waals surface area contributed by atoms with E-state index in [-0.39, 0.29) is 24.3 Å². The molecule has 6 nitrogen and oxygen atoms in total. The molecule has 128 valence electrons. The van der Waals surface area contributed by atoms with E-state index in [0.29, 0.717) is 11.3 Å². The number of amides is 1. The highest BCUT2D eigenvalue weighted by Gasteiger charge is 2.53. The highest BCUT2D eigenvalue weighted by atomic mass is 16.5. The molecule has 2 saturated carbocycles. The molecule has 0 heterocycles. The molecule has 0 saturated heterocycles. The van der Waals surface area contributed by atoms with Gasteiger partial charge in [0.1, 0.15) is 0 Å². The van der Waals surface area contributed by atoms with Crippen LogP contribution in [0.25, 0.3) is 0 Å². The molecule has 6 heteroatoms. The van der Waals surface area contributed by atoms with E-state index in [1.165, 1.54) is 0 Å². The topological polar surface area (TPSA) is 92.7 Å². The van der Waals surface area contributed by atoms with Crippen molar-refractivity contribution in [3.63, 3.8) is 0 Å². The van der Waals surface area contributed by atoms with Gasteiger partial charge in [-0.05, 0) is 56.2 Å². The largest absolute Gasteiger partial charge is 0.481 e. The van der Waals surface area contributed by atoms with Gasteiger partial charge in [-0.1, -0.05) is 6.07 Å². The van der Waals surface area contributed by atoms with Crippen molar-refractivity contribution in [3.05, 3.63) is 29.8 Å². The highest BCUT2D eigenvalue weighted by Crippen LogP contribution is 2.52. The third-order valence-corrected chi connectivity index (χ3v) is 5.15. The number of carboxylic acids is 1. The van der Waals surface area contributed by atoms with Crippen LogP contribution in [0.5, 0.6) is 0 Å². The standard InChI is InChI=1S/C18H21NO5/c1-2-24-18(23)12-4-3-5-13(9-12)19-16(20)14-10-6-7-11(8-10)15(14)17(21)22/h3-5,9-11,14-15H,2,6-8H2,1H3,(H,19,20)(H,21,22)/t10-,11-,14-,15+/m0/s1. The summed E-state index contributed by atoms with van der Waals surface area (Å²) in [4.78, 5) is 35.9. The average Bonchev–Trinajstić information content (AvgIpc) is 3.16. The minimum atomic E-state index is -0.886. The van der Waals surface area contributed by atoms with E-state index in [0.717, 1.165) is 19.3 Å². The van der Waals surface area contributed by atoms with Crippen molar-refractivity contribution < 1.29 is 24.2 Å². The van der Waals surface area contributed by atoms with Crippen LogP contribution >= 0.6 is 0 Å². The van der Waals surface area contributed by atoms with Crippen molar-refractivity contribution in [1.29, 1.82) is 0 Å². The Bertz CT molecular complexity index is 671. The number of nitrogens with one attached hydrogen (secondary N) is 1. The van der Waals surface area contributed by atoms with E-state index in [9.17, 15) is 19.5 Å². The van der Waals surface area contributed by atoms with E-state index < -0.39 is 23.8 Å². The number of ether oxygens (including phenoxy) is 1. The molecule has 2 aliphatic carbocycles. The first-order chi connectivity index (χ1) is 11.5. The summed E-state index contributed by atoms with van der Waals surface area (Å²) >= 11 is 0. The Kier molecular flexibility index (Phi) is 4.55. The second-order valence-electron chi connectivity index (χ2n) is 6.51. The fraction of sp³-hybridized carbons (Fsp3) is 0.500. The molecule has 3 rings (SSSR count). The number of aliphatic carboxylic acids is 1. The molecule has 4 atom stereocenters. The van der Waals surface area contributed by atoms with E-state index >= 15 is 0 Å². The van der Waals surface area contributed by atoms with Crippen LogP contribution in [-0.2, 0) is 14.3 Å². The minimum Gasteiger partial charge on any atom is -0.481 e. The number of carbonyl (C=O) groups is 3. The third kappa shape index (κ3) is 3.00. The van der Waals surface area contributed by atoms with Gasteiger partial charge < -0.3 is 15.2 Å². The maximum absolute atomic E-state index is 12.6. The monoisotopic (exact) mass is 331 g/mol. The van der Waals surface area contributed by atoms with Crippen molar-refractivity contribution in [2.75, 3.05) is 11.9 Å². The second kappa shape index (κ2) is 6.63. The zero-order valence-corrected chi connectivity index (χ0v) is 13.5. The lowest BCUT2D eigenvalue weighted by atomic mass is 9.78. The average molecular weight is 331 g/mol. The number of benzene rings is 1. The van der Waals surface area contributed by atoms with Crippen LogP contribution in [0.3, 0.4) is 0 Å². The molecule has 1 amide bonds. The van der Waals surface area contributed by atoms with E-state index in [1.807, 2.05) is 0 Å². The van der Waals surface area contributed by atoms with Crippen LogP contribution in [0, 0.1) is 23.7 Å². The number of carbonyl (C=O) groups excluding carboxylic acids is 2. The molecule has 24 heavy (non-hydrogen) atoms. The van der Waals surface area contributed by atoms with Gasteiger partial charge in [-0.2, -0.15) is 0 Å². The first kappa shape index (κ1) is 16.5. The Labute approximate surface area is 140 Å². The Balaban J connectivity index is 1.74. The van der Waals surface area contributed by atoms with E-state index in [4.69, 9.17) is 4.74 Å². The number of hydrogen-bond donors (Lipinski definition) is 2. The van der Waals surface area contributed by atoms with Gasteiger partial charge in [-0.15, -0.1) is 0 Å². The summed E-state index contributed by atoms with van der Waals surface area (Å²) in [6.45, 7) is 2.01. The number of rotatable bonds is 5. The zero-order valence-electron chi connectivity index (χ0n) is 13.5. The van der Waals surface area contributed by atoms with Crippen LogP contribution in [0.15, 0.2) is 24.3 Å². The van der Waals surface area contributed by atoms with Crippen LogP contribution in [0.1, 0.15) is 36.5 Å². The zero-order chi connectivity index (χ0) is 17.3. The molecule has 0 radical (unpaired) electrons. The highest BCUT2D eigenvalue weighted by molar-refractivity contribution is 5.97. The number of anilines is 1. The molecule has 1 aromatic carbocycles. The molecular formula is C18H21NO5. The molecule has 0 spiro atoms. The van der Waals surface area contributed by atoms with Crippen LogP contribution < -0.4 is 5.32 Å². The van der Waals surface area contributed by atoms with Gasteiger partial charge in [-0.25, -0.2) is 4.79 Å². The normalized spacial score (nSPS) is 27.7. The summed E-state index contributed by atoms with van der Waals surface area (Å²) in [7, 11) is 0. The van der Waals surface area contributed by atoms with Gasteiger partial charge in [0.15, 0.2) is 0 Å². The van der Waals surface area contributed by atoms with Crippen molar-refractivity contribution in [1.82, 2.24) is 0 Å². The third-order valence-electron chi connectivity index (χ3n) is 5.15. The van der Waals surface area contributed by atoms with Crippen LogP contribution in [-0.4, -0.2) is 29.6 Å². The van der Waals surface area contributed by atoms with Gasteiger partial charge >= 0.3 is 11.9 Å². The molecular weight excluding hydrogens is 310 g/mol. The second-order valence-corrected chi connectivity index (χ2v) is 6.51.